The molecule has 0 radical (unpaired) electrons. The van der Waals surface area contributed by atoms with Gasteiger partial charge in [0, 0.05) is 38.1 Å². The highest BCUT2D eigenvalue weighted by Crippen LogP contribution is 2.20. The molecule has 5 nitrogen and oxygen atoms in total. The molecule has 0 aliphatic carbocycles. The standard InChI is InChI=1S/C13H19BrN2O3S/c1-19-12-2-4-13(5-3-12)20(17,18)16-10-8-15(7-6-14)9-11-16/h2-5H,6-11H2,1H3. The average Bonchev–Trinajstić information content (AvgIpc) is 2.48. The van der Waals surface area contributed by atoms with E-state index in [0.29, 0.717) is 23.7 Å². The molecule has 1 saturated heterocycles. The number of sulfonamides is 1. The molecule has 0 amide bonds. The van der Waals surface area contributed by atoms with Gasteiger partial charge in [0.1, 0.15) is 5.75 Å². The predicted molar refractivity (Wildman–Crippen MR) is 82.0 cm³/mol. The molecule has 0 spiro atoms. The second kappa shape index (κ2) is 6.89. The molecule has 0 unspecified atom stereocenters. The Balaban J connectivity index is 2.07. The van der Waals surface area contributed by atoms with Crippen LogP contribution in [-0.2, 0) is 10.0 Å². The summed E-state index contributed by atoms with van der Waals surface area (Å²) in [7, 11) is -1.82. The molecule has 1 heterocycles. The highest BCUT2D eigenvalue weighted by atomic mass is 79.9. The minimum absolute atomic E-state index is 0.326. The van der Waals surface area contributed by atoms with E-state index in [-0.39, 0.29) is 0 Å². The second-order valence-electron chi connectivity index (χ2n) is 4.61. The summed E-state index contributed by atoms with van der Waals surface area (Å²) in [6.07, 6.45) is 0. The monoisotopic (exact) mass is 362 g/mol. The SMILES string of the molecule is COc1ccc(S(=O)(=O)N2CCN(CCBr)CC2)cc1. The van der Waals surface area contributed by atoms with E-state index in [1.165, 1.54) is 0 Å². The number of hydrogen-bond donors (Lipinski definition) is 0. The molecular weight excluding hydrogens is 344 g/mol. The summed E-state index contributed by atoms with van der Waals surface area (Å²) in [6, 6.07) is 6.54. The van der Waals surface area contributed by atoms with Gasteiger partial charge in [-0.15, -0.1) is 0 Å². The summed E-state index contributed by atoms with van der Waals surface area (Å²) in [5.74, 6) is 0.658. The fourth-order valence-electron chi connectivity index (χ4n) is 2.21. The first-order chi connectivity index (χ1) is 9.57. The third-order valence-electron chi connectivity index (χ3n) is 3.43. The van der Waals surface area contributed by atoms with Crippen molar-refractivity contribution in [2.45, 2.75) is 4.90 Å². The van der Waals surface area contributed by atoms with Gasteiger partial charge in [-0.25, -0.2) is 8.42 Å². The van der Waals surface area contributed by atoms with Crippen molar-refractivity contribution in [2.24, 2.45) is 0 Å². The summed E-state index contributed by atoms with van der Waals surface area (Å²) in [6.45, 7) is 3.60. The molecule has 1 aromatic rings. The van der Waals surface area contributed by atoms with Crippen LogP contribution in [0.25, 0.3) is 0 Å². The van der Waals surface area contributed by atoms with E-state index in [4.69, 9.17) is 4.74 Å². The third-order valence-corrected chi connectivity index (χ3v) is 5.70. The van der Waals surface area contributed by atoms with Crippen molar-refractivity contribution in [2.75, 3.05) is 45.2 Å². The van der Waals surface area contributed by atoms with E-state index in [0.717, 1.165) is 25.0 Å². The van der Waals surface area contributed by atoms with E-state index >= 15 is 0 Å². The molecule has 7 heteroatoms. The summed E-state index contributed by atoms with van der Waals surface area (Å²) in [5.41, 5.74) is 0. The van der Waals surface area contributed by atoms with Crippen molar-refractivity contribution >= 4 is 26.0 Å². The maximum atomic E-state index is 12.5. The molecule has 0 saturated carbocycles. The topological polar surface area (TPSA) is 49.9 Å². The highest BCUT2D eigenvalue weighted by Gasteiger charge is 2.28. The molecule has 0 atom stereocenters. The molecule has 1 fully saturated rings. The van der Waals surface area contributed by atoms with Gasteiger partial charge in [0.25, 0.3) is 0 Å². The lowest BCUT2D eigenvalue weighted by atomic mass is 10.3. The molecular formula is C13H19BrN2O3S. The van der Waals surface area contributed by atoms with Crippen LogP contribution in [0.3, 0.4) is 0 Å². The third kappa shape index (κ3) is 3.52. The summed E-state index contributed by atoms with van der Waals surface area (Å²) in [5, 5.41) is 0.915. The van der Waals surface area contributed by atoms with Crippen LogP contribution < -0.4 is 4.74 Å². The van der Waals surface area contributed by atoms with E-state index in [1.54, 1.807) is 35.7 Å². The molecule has 1 aliphatic heterocycles. The first-order valence-corrected chi connectivity index (χ1v) is 9.06. The molecule has 0 bridgehead atoms. The van der Waals surface area contributed by atoms with E-state index in [2.05, 4.69) is 20.8 Å². The van der Waals surface area contributed by atoms with Crippen molar-refractivity contribution in [3.05, 3.63) is 24.3 Å². The first kappa shape index (κ1) is 15.8. The van der Waals surface area contributed by atoms with Crippen LogP contribution in [0.5, 0.6) is 5.75 Å². The first-order valence-electron chi connectivity index (χ1n) is 6.50. The van der Waals surface area contributed by atoms with Crippen molar-refractivity contribution < 1.29 is 13.2 Å². The van der Waals surface area contributed by atoms with Gasteiger partial charge in [-0.3, -0.25) is 4.90 Å². The van der Waals surface area contributed by atoms with Crippen LogP contribution in [0.4, 0.5) is 0 Å². The Labute approximate surface area is 128 Å². The van der Waals surface area contributed by atoms with Gasteiger partial charge in [0.05, 0.1) is 12.0 Å². The van der Waals surface area contributed by atoms with Gasteiger partial charge in [-0.2, -0.15) is 4.31 Å². The Morgan fingerprint density at radius 1 is 1.15 bits per heavy atom. The summed E-state index contributed by atoms with van der Waals surface area (Å²) < 4.78 is 31.6. The zero-order chi connectivity index (χ0) is 14.6. The average molecular weight is 363 g/mol. The Morgan fingerprint density at radius 3 is 2.25 bits per heavy atom. The molecule has 20 heavy (non-hydrogen) atoms. The molecule has 1 aliphatic rings. The number of ether oxygens (including phenoxy) is 1. The number of rotatable bonds is 5. The number of methoxy groups -OCH3 is 1. The summed E-state index contributed by atoms with van der Waals surface area (Å²) >= 11 is 3.40. The van der Waals surface area contributed by atoms with Gasteiger partial charge < -0.3 is 4.74 Å². The number of alkyl halides is 1. The van der Waals surface area contributed by atoms with Crippen molar-refractivity contribution in [1.82, 2.24) is 9.21 Å². The van der Waals surface area contributed by atoms with Crippen LogP contribution in [0.2, 0.25) is 0 Å². The highest BCUT2D eigenvalue weighted by molar-refractivity contribution is 9.09. The Hall–Kier alpha value is -0.630. The van der Waals surface area contributed by atoms with Crippen LogP contribution in [0.1, 0.15) is 0 Å². The predicted octanol–water partition coefficient (Wildman–Crippen LogP) is 1.40. The number of halogens is 1. The number of hydrogen-bond acceptors (Lipinski definition) is 4. The Bertz CT molecular complexity index is 525. The number of nitrogens with zero attached hydrogens (tertiary/aromatic N) is 2. The molecule has 2 rings (SSSR count). The fourth-order valence-corrected chi connectivity index (χ4v) is 4.13. The zero-order valence-corrected chi connectivity index (χ0v) is 13.9. The molecule has 0 N–H and O–H groups in total. The Morgan fingerprint density at radius 2 is 1.75 bits per heavy atom. The van der Waals surface area contributed by atoms with Crippen LogP contribution in [0.15, 0.2) is 29.2 Å². The van der Waals surface area contributed by atoms with Crippen LogP contribution in [0, 0.1) is 0 Å². The van der Waals surface area contributed by atoms with Gasteiger partial charge in [-0.05, 0) is 24.3 Å². The largest absolute Gasteiger partial charge is 0.497 e. The van der Waals surface area contributed by atoms with Crippen LogP contribution in [-0.4, -0.2) is 62.8 Å². The summed E-state index contributed by atoms with van der Waals surface area (Å²) in [4.78, 5) is 2.58. The molecule has 112 valence electrons. The second-order valence-corrected chi connectivity index (χ2v) is 7.34. The van der Waals surface area contributed by atoms with E-state index in [9.17, 15) is 8.42 Å². The number of benzene rings is 1. The van der Waals surface area contributed by atoms with E-state index < -0.39 is 10.0 Å². The lowest BCUT2D eigenvalue weighted by molar-refractivity contribution is 0.198. The van der Waals surface area contributed by atoms with Gasteiger partial charge >= 0.3 is 0 Å². The van der Waals surface area contributed by atoms with Gasteiger partial charge in [0.15, 0.2) is 0 Å². The lowest BCUT2D eigenvalue weighted by Crippen LogP contribution is -2.48. The van der Waals surface area contributed by atoms with Crippen molar-refractivity contribution in [3.63, 3.8) is 0 Å². The fraction of sp³-hybridized carbons (Fsp3) is 0.538. The quantitative estimate of drug-likeness (QED) is 0.742. The smallest absolute Gasteiger partial charge is 0.243 e. The normalized spacial score (nSPS) is 18.1. The minimum Gasteiger partial charge on any atom is -0.497 e. The maximum absolute atomic E-state index is 12.5. The lowest BCUT2D eigenvalue weighted by Gasteiger charge is -2.33. The van der Waals surface area contributed by atoms with Gasteiger partial charge in [0.2, 0.25) is 10.0 Å². The number of piperazine rings is 1. The van der Waals surface area contributed by atoms with Crippen molar-refractivity contribution in [3.8, 4) is 5.75 Å². The zero-order valence-electron chi connectivity index (χ0n) is 11.5. The van der Waals surface area contributed by atoms with Crippen molar-refractivity contribution in [1.29, 1.82) is 0 Å². The molecule has 0 aromatic heterocycles. The maximum Gasteiger partial charge on any atom is 0.243 e. The Kier molecular flexibility index (Phi) is 5.42. The molecule has 1 aromatic carbocycles. The minimum atomic E-state index is -3.39. The van der Waals surface area contributed by atoms with E-state index in [1.807, 2.05) is 0 Å². The van der Waals surface area contributed by atoms with Crippen LogP contribution >= 0.6 is 15.9 Å². The van der Waals surface area contributed by atoms with Gasteiger partial charge in [-0.1, -0.05) is 15.9 Å².